The Kier molecular flexibility index (Phi) is 8.43. The summed E-state index contributed by atoms with van der Waals surface area (Å²) < 4.78 is 19.1. The molecule has 0 fully saturated rings. The third-order valence-corrected chi connectivity index (χ3v) is 10.3. The number of allylic oxidation sites excluding steroid dienone is 2. The molecule has 0 amide bonds. The summed E-state index contributed by atoms with van der Waals surface area (Å²) in [6.45, 7) is 8.54. The minimum Gasteiger partial charge on any atom is -0.310 e. The van der Waals surface area contributed by atoms with Gasteiger partial charge in [0, 0.05) is 17.1 Å². The second-order valence-electron chi connectivity index (χ2n) is 13.2. The van der Waals surface area contributed by atoms with Gasteiger partial charge in [-0.1, -0.05) is 164 Å². The van der Waals surface area contributed by atoms with Crippen LogP contribution in [0.1, 0.15) is 42.5 Å². The zero-order valence-electron chi connectivity index (χ0n) is 31.1. The summed E-state index contributed by atoms with van der Waals surface area (Å²) in [4.78, 5) is 2.13. The van der Waals surface area contributed by atoms with Gasteiger partial charge >= 0.3 is 0 Å². The fourth-order valence-electron chi connectivity index (χ4n) is 8.01. The van der Waals surface area contributed by atoms with Crippen molar-refractivity contribution in [1.82, 2.24) is 0 Å². The summed E-state index contributed by atoms with van der Waals surface area (Å²) in [6, 6.07) is 61.0. The Labute approximate surface area is 311 Å². The minimum atomic E-state index is -0.525. The summed E-state index contributed by atoms with van der Waals surface area (Å²) in [6.07, 6.45) is 6.94. The quantitative estimate of drug-likeness (QED) is 0.0979. The zero-order valence-corrected chi connectivity index (χ0v) is 29.1. The largest absolute Gasteiger partial charge is 0.310 e. The normalized spacial score (nSPS) is 15.8. The molecule has 0 aromatic heterocycles. The molecule has 7 aromatic carbocycles. The van der Waals surface area contributed by atoms with E-state index in [2.05, 4.69) is 139 Å². The molecule has 0 spiro atoms. The summed E-state index contributed by atoms with van der Waals surface area (Å²) in [5.41, 5.74) is 11.6. The Balaban J connectivity index is 1.35. The summed E-state index contributed by atoms with van der Waals surface area (Å²) in [5, 5.41) is 0. The Morgan fingerprint density at radius 3 is 1.92 bits per heavy atom. The minimum absolute atomic E-state index is 0.0268. The molecule has 0 saturated carbocycles. The molecular formula is C51H41N. The lowest BCUT2D eigenvalue weighted by atomic mass is 9.63. The lowest BCUT2D eigenvalue weighted by molar-refractivity contribution is 0.461. The Morgan fingerprint density at radius 1 is 0.577 bits per heavy atom. The first-order chi connectivity index (χ1) is 26.5. The van der Waals surface area contributed by atoms with Crippen LogP contribution in [0, 0.1) is 5.92 Å². The van der Waals surface area contributed by atoms with Crippen molar-refractivity contribution in [2.24, 2.45) is 5.92 Å². The standard InChI is InChI=1S/C51H41N/c1-3-19-41(4-2)51(42-24-13-7-14-25-42)49-29-18-17-28-46(49)47-35-34-45(37-50(47)51)52(43-26-15-8-16-27-43)44-32-30-40(31-33-44)48(39-22-11-6-12-23-39)36-38-20-9-5-10-21-38/h3-18,20-37,41H,1-2,19H2/b48-36+/i30D,33D. The lowest BCUT2D eigenvalue weighted by Gasteiger charge is -2.39. The highest BCUT2D eigenvalue weighted by Crippen LogP contribution is 2.58. The molecule has 0 saturated heterocycles. The van der Waals surface area contributed by atoms with Crippen molar-refractivity contribution in [1.29, 1.82) is 0 Å². The Bertz CT molecular complexity index is 2470. The molecule has 0 radical (unpaired) electrons. The molecule has 1 nitrogen and oxygen atoms in total. The topological polar surface area (TPSA) is 3.24 Å². The average molecular weight is 670 g/mol. The molecule has 0 heterocycles. The fraction of sp³-hybridized carbons (Fsp3) is 0.0588. The molecule has 250 valence electrons. The van der Waals surface area contributed by atoms with Crippen LogP contribution in [-0.4, -0.2) is 0 Å². The first kappa shape index (κ1) is 30.4. The van der Waals surface area contributed by atoms with Crippen LogP contribution in [0.4, 0.5) is 17.1 Å². The average Bonchev–Trinajstić information content (AvgIpc) is 3.52. The molecule has 1 heteroatoms. The van der Waals surface area contributed by atoms with Crippen molar-refractivity contribution in [2.75, 3.05) is 4.90 Å². The van der Waals surface area contributed by atoms with E-state index < -0.39 is 5.41 Å². The fourth-order valence-corrected chi connectivity index (χ4v) is 8.01. The maximum Gasteiger partial charge on any atom is 0.0645 e. The molecule has 7 aromatic rings. The van der Waals surface area contributed by atoms with Gasteiger partial charge in [0.25, 0.3) is 0 Å². The maximum atomic E-state index is 9.62. The van der Waals surface area contributed by atoms with E-state index in [0.717, 1.165) is 34.5 Å². The van der Waals surface area contributed by atoms with Crippen molar-refractivity contribution in [3.05, 3.63) is 247 Å². The smallest absolute Gasteiger partial charge is 0.0645 e. The van der Waals surface area contributed by atoms with E-state index in [1.165, 1.54) is 27.8 Å². The van der Waals surface area contributed by atoms with E-state index >= 15 is 0 Å². The zero-order chi connectivity index (χ0) is 37.1. The highest BCUT2D eigenvalue weighted by Gasteiger charge is 2.48. The first-order valence-electron chi connectivity index (χ1n) is 18.9. The molecule has 2 atom stereocenters. The third kappa shape index (κ3) is 5.81. The molecule has 8 rings (SSSR count). The van der Waals surface area contributed by atoms with Crippen molar-refractivity contribution < 1.29 is 2.74 Å². The Morgan fingerprint density at radius 2 is 1.21 bits per heavy atom. The number of fused-ring (bicyclic) bond motifs is 3. The molecule has 2 unspecified atom stereocenters. The van der Waals surface area contributed by atoms with Crippen LogP contribution in [0.25, 0.3) is 22.8 Å². The molecule has 1 aliphatic carbocycles. The highest BCUT2D eigenvalue weighted by atomic mass is 15.1. The van der Waals surface area contributed by atoms with Gasteiger partial charge in [0.15, 0.2) is 0 Å². The third-order valence-electron chi connectivity index (χ3n) is 10.3. The molecular weight excluding hydrogens is 627 g/mol. The van der Waals surface area contributed by atoms with E-state index in [-0.39, 0.29) is 5.92 Å². The second-order valence-corrected chi connectivity index (χ2v) is 13.2. The van der Waals surface area contributed by atoms with Crippen molar-refractivity contribution in [2.45, 2.75) is 11.8 Å². The van der Waals surface area contributed by atoms with E-state index in [9.17, 15) is 2.74 Å². The van der Waals surface area contributed by atoms with Gasteiger partial charge in [-0.3, -0.25) is 0 Å². The number of benzene rings is 7. The van der Waals surface area contributed by atoms with Gasteiger partial charge in [0.05, 0.1) is 8.16 Å². The van der Waals surface area contributed by atoms with Crippen LogP contribution in [-0.2, 0) is 5.41 Å². The highest BCUT2D eigenvalue weighted by molar-refractivity contribution is 5.92. The predicted molar refractivity (Wildman–Crippen MR) is 221 cm³/mol. The van der Waals surface area contributed by atoms with Crippen LogP contribution < -0.4 is 4.90 Å². The van der Waals surface area contributed by atoms with E-state index in [1.54, 1.807) is 0 Å². The molecule has 1 aliphatic rings. The number of nitrogens with zero attached hydrogens (tertiary/aromatic N) is 1. The monoisotopic (exact) mass is 669 g/mol. The van der Waals surface area contributed by atoms with Crippen LogP contribution in [0.15, 0.2) is 213 Å². The molecule has 0 N–H and O–H groups in total. The van der Waals surface area contributed by atoms with E-state index in [4.69, 9.17) is 0 Å². The molecule has 0 aliphatic heterocycles. The number of rotatable bonds is 11. The Hall–Kier alpha value is -6.44. The number of hydrogen-bond donors (Lipinski definition) is 0. The van der Waals surface area contributed by atoms with Gasteiger partial charge in [-0.25, -0.2) is 0 Å². The van der Waals surface area contributed by atoms with Crippen molar-refractivity contribution in [3.8, 4) is 11.1 Å². The van der Waals surface area contributed by atoms with E-state index in [1.807, 2.05) is 72.8 Å². The van der Waals surface area contributed by atoms with Crippen LogP contribution in [0.3, 0.4) is 0 Å². The maximum absolute atomic E-state index is 9.62. The number of para-hydroxylation sites is 1. The van der Waals surface area contributed by atoms with Crippen molar-refractivity contribution >= 4 is 28.7 Å². The molecule has 52 heavy (non-hydrogen) atoms. The lowest BCUT2D eigenvalue weighted by Crippen LogP contribution is -2.35. The van der Waals surface area contributed by atoms with Gasteiger partial charge in [0.2, 0.25) is 0 Å². The van der Waals surface area contributed by atoms with Gasteiger partial charge in [0.1, 0.15) is 0 Å². The van der Waals surface area contributed by atoms with Gasteiger partial charge < -0.3 is 4.90 Å². The van der Waals surface area contributed by atoms with Gasteiger partial charge in [-0.15, -0.1) is 13.2 Å². The first-order valence-corrected chi connectivity index (χ1v) is 17.9. The van der Waals surface area contributed by atoms with Crippen molar-refractivity contribution in [3.63, 3.8) is 0 Å². The van der Waals surface area contributed by atoms with Gasteiger partial charge in [-0.2, -0.15) is 0 Å². The van der Waals surface area contributed by atoms with Crippen LogP contribution in [0.5, 0.6) is 0 Å². The number of anilines is 3. The summed E-state index contributed by atoms with van der Waals surface area (Å²) >= 11 is 0. The summed E-state index contributed by atoms with van der Waals surface area (Å²) in [5.74, 6) is 0.0268. The van der Waals surface area contributed by atoms with Gasteiger partial charge in [-0.05, 0) is 105 Å². The second kappa shape index (κ2) is 14.4. The van der Waals surface area contributed by atoms with E-state index in [0.29, 0.717) is 23.3 Å². The predicted octanol–water partition coefficient (Wildman–Crippen LogP) is 13.4. The number of hydrogen-bond acceptors (Lipinski definition) is 1. The molecule has 0 bridgehead atoms. The van der Waals surface area contributed by atoms with Crippen LogP contribution in [0.2, 0.25) is 0 Å². The SMILES string of the molecule is [2H]c1cc(N(c2ccccc2)c2ccc3c(c2)C(c2ccccc2)(C(C=C)CC=C)c2ccccc2-3)c([2H])cc1/C(=C/c1ccccc1)c1ccccc1. The van der Waals surface area contributed by atoms with Crippen LogP contribution >= 0.6 is 0 Å². The summed E-state index contributed by atoms with van der Waals surface area (Å²) in [7, 11) is 0.